The maximum absolute atomic E-state index is 10.1. The molecule has 2 aliphatic rings. The lowest BCUT2D eigenvalue weighted by Crippen LogP contribution is -2.31. The van der Waals surface area contributed by atoms with E-state index < -0.39 is 0 Å². The number of carbonyl (C=O) groups excluding carboxylic acids is 1. The van der Waals surface area contributed by atoms with Crippen LogP contribution in [-0.4, -0.2) is 76.1 Å². The fourth-order valence-electron chi connectivity index (χ4n) is 5.21. The van der Waals surface area contributed by atoms with Crippen LogP contribution in [0.4, 0.5) is 0 Å². The second-order valence-corrected chi connectivity index (χ2v) is 12.0. The van der Waals surface area contributed by atoms with Crippen molar-refractivity contribution in [3.8, 4) is 23.0 Å². The maximum Gasteiger partial charge on any atom is 0.153 e. The summed E-state index contributed by atoms with van der Waals surface area (Å²) in [4.78, 5) is 16.9. The Morgan fingerprint density at radius 3 is 1.57 bits per heavy atom. The van der Waals surface area contributed by atoms with Gasteiger partial charge in [-0.05, 0) is 75.2 Å². The Bertz CT molecular complexity index is 1550. The van der Waals surface area contributed by atoms with Crippen molar-refractivity contribution in [2.24, 2.45) is 10.7 Å². The van der Waals surface area contributed by atoms with E-state index in [1.807, 2.05) is 104 Å². The Kier molecular flexibility index (Phi) is 35.0. The third-order valence-corrected chi connectivity index (χ3v) is 8.60. The lowest BCUT2D eigenvalue weighted by atomic mass is 10.1. The third kappa shape index (κ3) is 22.4. The fraction of sp³-hybridized carbons (Fsp3) is 0.435. The average Bonchev–Trinajstić information content (AvgIpc) is 3.96. The van der Waals surface area contributed by atoms with Crippen molar-refractivity contribution in [1.29, 1.82) is 0 Å². The maximum atomic E-state index is 10.1. The molecule has 0 bridgehead atoms. The largest absolute Gasteiger partial charge is 0.508 e. The Balaban J connectivity index is 0. The number of phenolic OH excluding ortho intramolecular Hbond substituents is 4. The third-order valence-electron chi connectivity index (χ3n) is 7.99. The van der Waals surface area contributed by atoms with Gasteiger partial charge in [0.2, 0.25) is 0 Å². The fourth-order valence-corrected chi connectivity index (χ4v) is 5.69. The summed E-state index contributed by atoms with van der Waals surface area (Å²) in [5.41, 5.74) is 8.34. The molecular weight excluding hydrogens is 768 g/mol. The van der Waals surface area contributed by atoms with Crippen LogP contribution < -0.4 is 11.1 Å². The van der Waals surface area contributed by atoms with Crippen LogP contribution in [0, 0.1) is 0 Å². The summed E-state index contributed by atoms with van der Waals surface area (Å²) in [5.74, 6) is 1.01. The molecule has 9 nitrogen and oxygen atoms in total. The van der Waals surface area contributed by atoms with Crippen molar-refractivity contribution in [2.75, 3.05) is 26.2 Å². The van der Waals surface area contributed by atoms with E-state index in [2.05, 4.69) is 31.1 Å². The van der Waals surface area contributed by atoms with Crippen LogP contribution in [0.1, 0.15) is 108 Å². The molecule has 0 spiro atoms. The first-order valence-electron chi connectivity index (χ1n) is 20.1. The topological polar surface area (TPSA) is 152 Å². The monoisotopic (exact) mass is 838 g/mol. The van der Waals surface area contributed by atoms with Gasteiger partial charge in [-0.15, -0.1) is 0 Å². The number of aliphatic imine (C=N–C) groups is 1. The van der Waals surface area contributed by atoms with E-state index in [4.69, 9.17) is 15.9 Å². The van der Waals surface area contributed by atoms with Gasteiger partial charge in [-0.3, -0.25) is 14.7 Å². The van der Waals surface area contributed by atoms with E-state index in [1.54, 1.807) is 48.7 Å². The van der Waals surface area contributed by atoms with E-state index in [0.717, 1.165) is 49.2 Å². The van der Waals surface area contributed by atoms with Crippen LogP contribution >= 0.6 is 15.9 Å². The summed E-state index contributed by atoms with van der Waals surface area (Å²) in [6.45, 7) is 20.5. The molecule has 2 heterocycles. The molecule has 4 aromatic carbocycles. The van der Waals surface area contributed by atoms with Crippen molar-refractivity contribution in [3.63, 3.8) is 0 Å². The summed E-state index contributed by atoms with van der Waals surface area (Å²) >= 11 is 3.25. The number of carbonyl (C=O) groups is 1. The minimum atomic E-state index is 0.0347. The van der Waals surface area contributed by atoms with Crippen LogP contribution in [0.25, 0.3) is 0 Å². The van der Waals surface area contributed by atoms with E-state index in [-0.39, 0.29) is 11.5 Å². The van der Waals surface area contributed by atoms with Gasteiger partial charge in [0.05, 0.1) is 12.1 Å². The Morgan fingerprint density at radius 1 is 0.696 bits per heavy atom. The molecule has 7 N–H and O–H groups in total. The van der Waals surface area contributed by atoms with Gasteiger partial charge in [-0.2, -0.15) is 0 Å². The number of rotatable bonds is 8. The zero-order valence-corrected chi connectivity index (χ0v) is 36.8. The molecule has 56 heavy (non-hydrogen) atoms. The van der Waals surface area contributed by atoms with Gasteiger partial charge in [-0.1, -0.05) is 132 Å². The number of nitrogens with two attached hydrogens (primary N) is 1. The molecule has 2 aliphatic heterocycles. The number of hydrogen-bond acceptors (Lipinski definition) is 9. The SMILES string of the molecule is CC.CC.CC.CC.NCC1CCCN1.O=Cc1ccccc1O.Oc1ccccc1C=NCC1CCCN1Cc1ccccc1O.Oc1ccccc1CBr. The number of aldehydes is 1. The van der Waals surface area contributed by atoms with Crippen LogP contribution in [0.3, 0.4) is 0 Å². The van der Waals surface area contributed by atoms with Gasteiger partial charge in [-0.25, -0.2) is 0 Å². The molecule has 312 valence electrons. The molecule has 2 fully saturated rings. The van der Waals surface area contributed by atoms with Crippen LogP contribution in [0.5, 0.6) is 23.0 Å². The molecular formula is C46H71BrN4O5. The van der Waals surface area contributed by atoms with Crippen molar-refractivity contribution in [1.82, 2.24) is 10.2 Å². The summed E-state index contributed by atoms with van der Waals surface area (Å²) in [6, 6.07) is 29.4. The van der Waals surface area contributed by atoms with Crippen molar-refractivity contribution < 1.29 is 25.2 Å². The first-order valence-corrected chi connectivity index (χ1v) is 21.3. The number of alkyl halides is 1. The highest BCUT2D eigenvalue weighted by Gasteiger charge is 2.24. The number of nitrogens with one attached hydrogen (secondary N) is 1. The Morgan fingerprint density at radius 2 is 1.18 bits per heavy atom. The number of aromatic hydroxyl groups is 4. The van der Waals surface area contributed by atoms with Gasteiger partial charge < -0.3 is 31.5 Å². The Hall–Kier alpha value is -4.22. The number of nitrogens with zero attached hydrogens (tertiary/aromatic N) is 2. The highest BCUT2D eigenvalue weighted by Crippen LogP contribution is 2.24. The number of halogens is 1. The van der Waals surface area contributed by atoms with Crippen molar-refractivity contribution >= 4 is 28.4 Å². The number of hydrogen-bond donors (Lipinski definition) is 6. The second-order valence-electron chi connectivity index (χ2n) is 11.4. The molecule has 0 saturated carbocycles. The van der Waals surface area contributed by atoms with Gasteiger partial charge in [0.1, 0.15) is 23.0 Å². The zero-order valence-electron chi connectivity index (χ0n) is 35.2. The van der Waals surface area contributed by atoms with Gasteiger partial charge in [0, 0.05) is 53.4 Å². The molecule has 0 radical (unpaired) electrons. The smallest absolute Gasteiger partial charge is 0.153 e. The van der Waals surface area contributed by atoms with E-state index >= 15 is 0 Å². The number of benzene rings is 4. The molecule has 2 saturated heterocycles. The lowest BCUT2D eigenvalue weighted by molar-refractivity contribution is 0.112. The van der Waals surface area contributed by atoms with Crippen LogP contribution in [0.15, 0.2) is 102 Å². The van der Waals surface area contributed by atoms with E-state index in [0.29, 0.717) is 47.3 Å². The summed E-state index contributed by atoms with van der Waals surface area (Å²) < 4.78 is 0. The summed E-state index contributed by atoms with van der Waals surface area (Å²) in [7, 11) is 0. The highest BCUT2D eigenvalue weighted by molar-refractivity contribution is 9.08. The predicted octanol–water partition coefficient (Wildman–Crippen LogP) is 10.5. The predicted molar refractivity (Wildman–Crippen MR) is 242 cm³/mol. The molecule has 2 atom stereocenters. The van der Waals surface area contributed by atoms with Crippen LogP contribution in [-0.2, 0) is 11.9 Å². The number of phenols is 4. The minimum Gasteiger partial charge on any atom is -0.508 e. The molecule has 10 heteroatoms. The normalized spacial score (nSPS) is 15.0. The molecule has 0 aliphatic carbocycles. The lowest BCUT2D eigenvalue weighted by Gasteiger charge is -2.23. The Labute approximate surface area is 346 Å². The van der Waals surface area contributed by atoms with Gasteiger partial charge in [0.15, 0.2) is 6.29 Å². The molecule has 4 aromatic rings. The highest BCUT2D eigenvalue weighted by atomic mass is 79.9. The molecule has 0 amide bonds. The van der Waals surface area contributed by atoms with Crippen molar-refractivity contribution in [2.45, 2.75) is 105 Å². The number of likely N-dealkylation sites (tertiary alicyclic amines) is 1. The summed E-state index contributed by atoms with van der Waals surface area (Å²) in [5, 5.41) is 41.6. The molecule has 6 rings (SSSR count). The first-order chi connectivity index (χ1) is 27.4. The second kappa shape index (κ2) is 36.4. The van der Waals surface area contributed by atoms with Crippen molar-refractivity contribution in [3.05, 3.63) is 119 Å². The van der Waals surface area contributed by atoms with Gasteiger partial charge in [0.25, 0.3) is 0 Å². The van der Waals surface area contributed by atoms with Gasteiger partial charge >= 0.3 is 0 Å². The number of para-hydroxylation sites is 4. The van der Waals surface area contributed by atoms with E-state index in [9.17, 15) is 15.0 Å². The minimum absolute atomic E-state index is 0.0347. The average molecular weight is 840 g/mol. The summed E-state index contributed by atoms with van der Waals surface area (Å²) in [6.07, 6.45) is 7.22. The standard InChI is InChI=1S/C19H22N2O2.C7H7BrO.C7H6O2.C5H12N2.4C2H6/c22-18-9-3-1-6-15(18)12-20-13-17-8-5-11-21(17)14-16-7-2-4-10-19(16)23;2*8-5-6-3-1-2-4-7(6)9;6-4-5-2-1-3-7-5;4*1-2/h1-4,6-7,9-10,12,17,22-23H,5,8,11,13-14H2;1-4,9H,5H2;1-5,9H;5,7H,1-4,6H2;4*1-2H3. The zero-order chi connectivity index (χ0) is 42.6. The van der Waals surface area contributed by atoms with E-state index in [1.165, 1.54) is 25.5 Å². The molecule has 0 aromatic heterocycles. The quantitative estimate of drug-likeness (QED) is 0.0583. The van der Waals surface area contributed by atoms with Crippen LogP contribution in [0.2, 0.25) is 0 Å². The first kappa shape index (κ1) is 53.9. The molecule has 2 unspecified atom stereocenters.